The number of amides is 3. The van der Waals surface area contributed by atoms with Crippen LogP contribution < -0.4 is 16.0 Å². The standard InChI is InChI=1S/C85H149N3O39/c1-6-8-10-12-14-16-18-20-21-23-25-27-29-31-33-35-60(102)88-50(51(98)34-32-30-28-26-24-22-19-17-15-13-11-9-7-2)45-116-79-70(110)68(108)73(58(43-93)119-79)122-81-71(111)77(74(59(44-94)120-81)123-78-49(36-46(3)95)72(65(105)56(41-91)117-78)121-80-69(109)67(107)64(104)55(40-90)118-80)127-85(83(114)115)38-53(100)62(87-48(5)97)76(126-85)66(106)57(42-92)124-84(82(112)113)37-52(99)61(86-47(4)96)75(125-84)63(103)54(101)39-89/h16,18,49-59,61-81,89-94,98-101,103-111H,6-15,17,19-45H2,1-5H3,(H,86,96)(H,87,97)(H,88,102)(H,112,113)(H,114,115)/b18-16-/t49-,50+,51-,52+,53+,54-,55-,56-,57-,58-,59-,61-,62-,63-,64+,65+,66-,67+,68-,69-,70-,71-,72-,73-,74+,75?,76?,77-,78+,79-,80+,81+,84-,85+/m1/s1. The number of hydrogen-bond donors (Lipinski definition) is 24. The fraction of sp³-hybridized carbons (Fsp3) is 0.906. The van der Waals surface area contributed by atoms with Gasteiger partial charge in [0.05, 0.1) is 88.8 Å². The predicted molar refractivity (Wildman–Crippen MR) is 441 cm³/mol. The summed E-state index contributed by atoms with van der Waals surface area (Å²) in [7, 11) is 0. The smallest absolute Gasteiger partial charge is 0.364 e. The number of carboxylic acids is 2. The quantitative estimate of drug-likeness (QED) is 0.0216. The normalized spacial score (nSPS) is 35.1. The minimum Gasteiger partial charge on any atom is -0.477 e. The van der Waals surface area contributed by atoms with E-state index >= 15 is 0 Å². The topological polar surface area (TPSA) is 674 Å². The maximum Gasteiger partial charge on any atom is 0.364 e. The van der Waals surface area contributed by atoms with E-state index in [1.807, 2.05) is 0 Å². The van der Waals surface area contributed by atoms with E-state index in [4.69, 9.17) is 56.8 Å². The van der Waals surface area contributed by atoms with Gasteiger partial charge in [-0.1, -0.05) is 161 Å². The molecule has 6 rings (SSSR count). The highest BCUT2D eigenvalue weighted by Crippen LogP contribution is 2.44. The number of aliphatic hydroxyl groups is 19. The average Bonchev–Trinajstić information content (AvgIpc) is 0.733. The lowest BCUT2D eigenvalue weighted by Crippen LogP contribution is -2.72. The number of aliphatic carboxylic acids is 2. The second kappa shape index (κ2) is 56.6. The highest BCUT2D eigenvalue weighted by atomic mass is 16.8. The van der Waals surface area contributed by atoms with Crippen LogP contribution in [0, 0.1) is 5.92 Å². The Hall–Kier alpha value is -4.48. The first kappa shape index (κ1) is 111. The summed E-state index contributed by atoms with van der Waals surface area (Å²) < 4.78 is 72.6. The number of carboxylic acid groups (broad SMARTS) is 2. The second-order valence-electron chi connectivity index (χ2n) is 34.6. The Morgan fingerprint density at radius 2 is 0.874 bits per heavy atom. The highest BCUT2D eigenvalue weighted by molar-refractivity contribution is 5.78. The van der Waals surface area contributed by atoms with Crippen LogP contribution in [0.15, 0.2) is 12.2 Å². The second-order valence-corrected chi connectivity index (χ2v) is 34.6. The fourth-order valence-corrected chi connectivity index (χ4v) is 17.2. The van der Waals surface area contributed by atoms with Crippen molar-refractivity contribution in [3.8, 4) is 0 Å². The Morgan fingerprint density at radius 1 is 0.441 bits per heavy atom. The molecule has 3 amide bonds. The van der Waals surface area contributed by atoms with Crippen molar-refractivity contribution in [2.24, 2.45) is 5.92 Å². The van der Waals surface area contributed by atoms with Crippen molar-refractivity contribution in [2.75, 3.05) is 46.2 Å². The van der Waals surface area contributed by atoms with Gasteiger partial charge >= 0.3 is 11.9 Å². The third-order valence-corrected chi connectivity index (χ3v) is 24.4. The van der Waals surface area contributed by atoms with Crippen molar-refractivity contribution < 1.29 is 193 Å². The van der Waals surface area contributed by atoms with Gasteiger partial charge in [-0.2, -0.15) is 0 Å². The maximum atomic E-state index is 14.4. The molecule has 6 saturated heterocycles. The van der Waals surface area contributed by atoms with Crippen molar-refractivity contribution in [2.45, 2.75) is 435 Å². The van der Waals surface area contributed by atoms with Gasteiger partial charge < -0.3 is 185 Å². The van der Waals surface area contributed by atoms with Crippen LogP contribution in [0.2, 0.25) is 0 Å². The fourth-order valence-electron chi connectivity index (χ4n) is 17.2. The molecular formula is C85H149N3O39. The lowest BCUT2D eigenvalue weighted by molar-refractivity contribution is -0.407. The Kier molecular flexibility index (Phi) is 49.6. The number of unbranched alkanes of at least 4 members (excludes halogenated alkanes) is 23. The zero-order chi connectivity index (χ0) is 93.8. The first-order valence-electron chi connectivity index (χ1n) is 45.4. The van der Waals surface area contributed by atoms with Crippen molar-refractivity contribution in [3.05, 3.63) is 12.2 Å². The molecule has 42 heteroatoms. The van der Waals surface area contributed by atoms with E-state index in [0.717, 1.165) is 111 Å². The molecule has 34 atom stereocenters. The molecule has 738 valence electrons. The first-order valence-corrected chi connectivity index (χ1v) is 45.4. The van der Waals surface area contributed by atoms with Gasteiger partial charge in [0.2, 0.25) is 17.7 Å². The molecule has 6 heterocycles. The van der Waals surface area contributed by atoms with Gasteiger partial charge in [-0.15, -0.1) is 0 Å². The van der Waals surface area contributed by atoms with Gasteiger partial charge in [-0.25, -0.2) is 9.59 Å². The number of carbonyl (C=O) groups is 6. The Labute approximate surface area is 740 Å². The zero-order valence-corrected chi connectivity index (χ0v) is 73.7. The third-order valence-electron chi connectivity index (χ3n) is 24.4. The van der Waals surface area contributed by atoms with Crippen LogP contribution in [0.25, 0.3) is 0 Å². The molecule has 0 aromatic rings. The molecule has 0 spiro atoms. The highest BCUT2D eigenvalue weighted by Gasteiger charge is 2.64. The summed E-state index contributed by atoms with van der Waals surface area (Å²) in [5, 5.41) is 245. The summed E-state index contributed by atoms with van der Waals surface area (Å²) in [6, 6.07) is -5.01. The molecule has 6 aliphatic rings. The monoisotopic (exact) mass is 1840 g/mol. The van der Waals surface area contributed by atoms with Gasteiger partial charge in [0.25, 0.3) is 11.6 Å². The van der Waals surface area contributed by atoms with Gasteiger partial charge in [0.15, 0.2) is 25.2 Å². The molecule has 127 heavy (non-hydrogen) atoms. The van der Waals surface area contributed by atoms with E-state index in [2.05, 4.69) is 41.9 Å². The lowest BCUT2D eigenvalue weighted by atomic mass is 9.86. The molecule has 2 unspecified atom stereocenters. The van der Waals surface area contributed by atoms with E-state index in [-0.39, 0.29) is 12.8 Å². The largest absolute Gasteiger partial charge is 0.477 e. The molecule has 0 aromatic carbocycles. The zero-order valence-electron chi connectivity index (χ0n) is 73.7. The molecule has 6 fully saturated rings. The Balaban J connectivity index is 1.33. The minimum atomic E-state index is -3.67. The van der Waals surface area contributed by atoms with Gasteiger partial charge in [0.1, 0.15) is 128 Å². The third kappa shape index (κ3) is 32.7. The molecule has 0 saturated carbocycles. The number of allylic oxidation sites excluding steroid dienone is 2. The molecule has 42 nitrogen and oxygen atoms in total. The number of carbonyl (C=O) groups excluding carboxylic acids is 4. The number of rotatable bonds is 60. The summed E-state index contributed by atoms with van der Waals surface area (Å²) in [5.41, 5.74) is 0. The summed E-state index contributed by atoms with van der Waals surface area (Å²) in [5.74, 6) is -16.5. The summed E-state index contributed by atoms with van der Waals surface area (Å²) in [6.07, 6.45) is -32.6. The SMILES string of the molecule is CCCCCC/C=C\CCCCCCCCCC(=O)N[C@@H](CO[C@@H]1O[C@H](CO)[C@@H](O[C@@H]2O[C@H](CO)[C@H](O[C@@H]3O[C@H](CO)[C@H](O)[C@H](O[C@@H]4O[C@H](CO)[C@H](O)[C@H](O)[C@H]4O)[C@H]3CC(C)=O)[C@H](O[C@]3(C(=O)O)C[C@H](O)[C@@H](NC(C)=O)C([C@H](O)[C@@H](CO)O[C@]4(C(=O)O)C[C@H](O)[C@@H](NC(C)=O)C([C@H](O)[C@H](O)CO)O4)O3)[C@H]2O)[C@H](O)[C@H]1O)[C@H](O)CCCCCCCCCCCCCCC. The molecule has 24 N–H and O–H groups in total. The maximum absolute atomic E-state index is 14.4. The van der Waals surface area contributed by atoms with Gasteiger partial charge in [-0.3, -0.25) is 14.4 Å². The van der Waals surface area contributed by atoms with Gasteiger partial charge in [-0.05, 0) is 45.4 Å². The van der Waals surface area contributed by atoms with E-state index in [0.29, 0.717) is 12.8 Å². The molecule has 6 aliphatic heterocycles. The van der Waals surface area contributed by atoms with Gasteiger partial charge in [0, 0.05) is 45.4 Å². The number of nitrogens with one attached hydrogen (secondary N) is 3. The van der Waals surface area contributed by atoms with Crippen LogP contribution >= 0.6 is 0 Å². The number of Topliss-reactive ketones (excluding diaryl/α,β-unsaturated/α-hetero) is 1. The average molecular weight is 1840 g/mol. The van der Waals surface area contributed by atoms with Crippen LogP contribution in [-0.4, -0.2) is 390 Å². The van der Waals surface area contributed by atoms with E-state index < -0.39 is 308 Å². The molecule has 0 aliphatic carbocycles. The minimum absolute atomic E-state index is 0.103. The van der Waals surface area contributed by atoms with Crippen LogP contribution in [0.4, 0.5) is 0 Å². The van der Waals surface area contributed by atoms with E-state index in [9.17, 15) is 136 Å². The summed E-state index contributed by atoms with van der Waals surface area (Å²) in [4.78, 5) is 80.5. The van der Waals surface area contributed by atoms with Crippen molar-refractivity contribution >= 4 is 35.4 Å². The molecule has 0 aromatic heterocycles. The summed E-state index contributed by atoms with van der Waals surface area (Å²) >= 11 is 0. The van der Waals surface area contributed by atoms with Crippen LogP contribution in [-0.2, 0) is 85.6 Å². The first-order chi connectivity index (χ1) is 60.6. The van der Waals surface area contributed by atoms with E-state index in [1.54, 1.807) is 0 Å². The molecular weight excluding hydrogens is 1690 g/mol. The van der Waals surface area contributed by atoms with Crippen LogP contribution in [0.5, 0.6) is 0 Å². The van der Waals surface area contributed by atoms with Crippen LogP contribution in [0.3, 0.4) is 0 Å². The lowest BCUT2D eigenvalue weighted by Gasteiger charge is -2.53. The molecule has 0 radical (unpaired) electrons. The number of hydrogen-bond acceptors (Lipinski definition) is 37. The number of aliphatic hydroxyl groups excluding tert-OH is 19. The Bertz CT molecular complexity index is 3190. The number of ketones is 1. The number of ether oxygens (including phenoxy) is 12. The Morgan fingerprint density at radius 3 is 1.39 bits per heavy atom. The van der Waals surface area contributed by atoms with Crippen molar-refractivity contribution in [1.82, 2.24) is 16.0 Å². The van der Waals surface area contributed by atoms with E-state index in [1.165, 1.54) is 64.2 Å². The predicted octanol–water partition coefficient (Wildman–Crippen LogP) is -2.78. The van der Waals surface area contributed by atoms with Crippen LogP contribution in [0.1, 0.15) is 234 Å². The van der Waals surface area contributed by atoms with Crippen molar-refractivity contribution in [3.63, 3.8) is 0 Å². The van der Waals surface area contributed by atoms with Crippen molar-refractivity contribution in [1.29, 1.82) is 0 Å². The summed E-state index contributed by atoms with van der Waals surface area (Å²) in [6.45, 7) is -0.741. The molecule has 0 bridgehead atoms.